The van der Waals surface area contributed by atoms with Gasteiger partial charge in [-0.1, -0.05) is 12.8 Å². The topological polar surface area (TPSA) is 44.5 Å². The van der Waals surface area contributed by atoms with Crippen molar-refractivity contribution >= 4 is 0 Å². The molecule has 1 saturated carbocycles. The normalized spacial score (nSPS) is 18.1. The van der Waals surface area contributed by atoms with Crippen LogP contribution in [-0.2, 0) is 11.7 Å². The summed E-state index contributed by atoms with van der Waals surface area (Å²) in [4.78, 5) is 0. The van der Waals surface area contributed by atoms with Crippen LogP contribution in [-0.4, -0.2) is 14.2 Å². The van der Waals surface area contributed by atoms with E-state index in [1.807, 2.05) is 0 Å². The largest absolute Gasteiger partial charge is 0.497 e. The van der Waals surface area contributed by atoms with Gasteiger partial charge >= 0.3 is 6.18 Å². The second-order valence-corrected chi connectivity index (χ2v) is 5.12. The number of benzene rings is 1. The Hall–Kier alpha value is -1.43. The van der Waals surface area contributed by atoms with Gasteiger partial charge < -0.3 is 15.2 Å². The molecule has 0 heterocycles. The molecule has 0 unspecified atom stereocenters. The summed E-state index contributed by atoms with van der Waals surface area (Å²) in [5.74, 6) is -0.0486. The van der Waals surface area contributed by atoms with E-state index in [1.54, 1.807) is 6.07 Å². The van der Waals surface area contributed by atoms with Gasteiger partial charge in [0.05, 0.1) is 14.2 Å². The predicted octanol–water partition coefficient (Wildman–Crippen LogP) is 3.45. The molecule has 20 heavy (non-hydrogen) atoms. The Bertz CT molecular complexity index is 494. The molecule has 0 bridgehead atoms. The molecule has 0 aromatic heterocycles. The lowest BCUT2D eigenvalue weighted by molar-refractivity contribution is -0.139. The molecule has 0 radical (unpaired) electrons. The maximum atomic E-state index is 13.2. The van der Waals surface area contributed by atoms with E-state index in [-0.39, 0.29) is 11.5 Å². The van der Waals surface area contributed by atoms with Gasteiger partial charge in [0.2, 0.25) is 0 Å². The Morgan fingerprint density at radius 3 is 2.15 bits per heavy atom. The first kappa shape index (κ1) is 15.0. The quantitative estimate of drug-likeness (QED) is 0.927. The maximum Gasteiger partial charge on any atom is 0.420 e. The molecule has 112 valence electrons. The van der Waals surface area contributed by atoms with Crippen molar-refractivity contribution in [3.63, 3.8) is 0 Å². The van der Waals surface area contributed by atoms with Crippen molar-refractivity contribution in [2.24, 2.45) is 5.73 Å². The molecule has 0 saturated heterocycles. The first-order valence-corrected chi connectivity index (χ1v) is 6.44. The van der Waals surface area contributed by atoms with E-state index in [1.165, 1.54) is 14.2 Å². The lowest BCUT2D eigenvalue weighted by Crippen LogP contribution is -2.34. The van der Waals surface area contributed by atoms with E-state index >= 15 is 0 Å². The Balaban J connectivity index is 2.66. The molecular formula is C14H18F3NO2. The van der Waals surface area contributed by atoms with Crippen LogP contribution in [0.3, 0.4) is 0 Å². The number of hydrogen-bond acceptors (Lipinski definition) is 3. The van der Waals surface area contributed by atoms with E-state index in [0.29, 0.717) is 18.4 Å². The second-order valence-electron chi connectivity index (χ2n) is 5.12. The van der Waals surface area contributed by atoms with Crippen molar-refractivity contribution in [1.82, 2.24) is 0 Å². The standard InChI is InChI=1S/C14H18F3NO2/c1-19-9-7-10(13(18)5-3-4-6-13)12(20-2)11(8-9)14(15,16)17/h7-8H,3-6,18H2,1-2H3. The van der Waals surface area contributed by atoms with Crippen LogP contribution in [0, 0.1) is 0 Å². The third-order valence-corrected chi connectivity index (χ3v) is 3.84. The highest BCUT2D eigenvalue weighted by Crippen LogP contribution is 2.47. The fourth-order valence-corrected chi connectivity index (χ4v) is 2.80. The molecule has 2 N–H and O–H groups in total. The summed E-state index contributed by atoms with van der Waals surface area (Å²) in [5.41, 5.74) is 5.05. The minimum Gasteiger partial charge on any atom is -0.497 e. The first-order chi connectivity index (χ1) is 9.31. The summed E-state index contributed by atoms with van der Waals surface area (Å²) in [6.45, 7) is 0. The fourth-order valence-electron chi connectivity index (χ4n) is 2.80. The van der Waals surface area contributed by atoms with Gasteiger partial charge in [0.1, 0.15) is 17.1 Å². The molecule has 0 atom stereocenters. The highest BCUT2D eigenvalue weighted by Gasteiger charge is 2.41. The van der Waals surface area contributed by atoms with Crippen LogP contribution in [0.1, 0.15) is 36.8 Å². The number of hydrogen-bond donors (Lipinski definition) is 1. The van der Waals surface area contributed by atoms with Gasteiger partial charge in [-0.25, -0.2) is 0 Å². The van der Waals surface area contributed by atoms with Crippen molar-refractivity contribution in [1.29, 1.82) is 0 Å². The van der Waals surface area contributed by atoms with Crippen LogP contribution in [0.25, 0.3) is 0 Å². The zero-order valence-corrected chi connectivity index (χ0v) is 11.5. The van der Waals surface area contributed by atoms with Crippen molar-refractivity contribution in [3.8, 4) is 11.5 Å². The van der Waals surface area contributed by atoms with Gasteiger partial charge in [-0.05, 0) is 25.0 Å². The van der Waals surface area contributed by atoms with Crippen molar-refractivity contribution in [2.45, 2.75) is 37.4 Å². The fraction of sp³-hybridized carbons (Fsp3) is 0.571. The molecule has 1 fully saturated rings. The van der Waals surface area contributed by atoms with Crippen LogP contribution >= 0.6 is 0 Å². The van der Waals surface area contributed by atoms with E-state index in [0.717, 1.165) is 18.9 Å². The van der Waals surface area contributed by atoms with Gasteiger partial charge in [0.25, 0.3) is 0 Å². The zero-order valence-electron chi connectivity index (χ0n) is 11.5. The lowest BCUT2D eigenvalue weighted by Gasteiger charge is -2.28. The van der Waals surface area contributed by atoms with Crippen LogP contribution in [0.4, 0.5) is 13.2 Å². The zero-order chi connectivity index (χ0) is 15.0. The number of ether oxygens (including phenoxy) is 2. The Kier molecular flexibility index (Phi) is 3.86. The third kappa shape index (κ3) is 2.57. The molecule has 2 rings (SSSR count). The van der Waals surface area contributed by atoms with Crippen molar-refractivity contribution < 1.29 is 22.6 Å². The number of halogens is 3. The number of nitrogens with two attached hydrogens (primary N) is 1. The minimum absolute atomic E-state index is 0.143. The first-order valence-electron chi connectivity index (χ1n) is 6.44. The van der Waals surface area contributed by atoms with Gasteiger partial charge in [-0.2, -0.15) is 13.2 Å². The van der Waals surface area contributed by atoms with Gasteiger partial charge in [0, 0.05) is 11.1 Å². The molecule has 0 spiro atoms. The van der Waals surface area contributed by atoms with Gasteiger partial charge in [-0.15, -0.1) is 0 Å². The van der Waals surface area contributed by atoms with E-state index in [9.17, 15) is 13.2 Å². The molecule has 6 heteroatoms. The summed E-state index contributed by atoms with van der Waals surface area (Å²) in [6.07, 6.45) is -1.42. The summed E-state index contributed by atoms with van der Waals surface area (Å²) < 4.78 is 49.5. The summed E-state index contributed by atoms with van der Waals surface area (Å²) in [7, 11) is 2.57. The Morgan fingerprint density at radius 2 is 1.70 bits per heavy atom. The van der Waals surface area contributed by atoms with Crippen LogP contribution in [0.2, 0.25) is 0 Å². The lowest BCUT2D eigenvalue weighted by atomic mass is 9.87. The van der Waals surface area contributed by atoms with Crippen molar-refractivity contribution in [3.05, 3.63) is 23.3 Å². The number of alkyl halides is 3. The average molecular weight is 289 g/mol. The highest BCUT2D eigenvalue weighted by atomic mass is 19.4. The molecular weight excluding hydrogens is 271 g/mol. The summed E-state index contributed by atoms with van der Waals surface area (Å²) >= 11 is 0. The third-order valence-electron chi connectivity index (χ3n) is 3.84. The van der Waals surface area contributed by atoms with Gasteiger partial charge in [-0.3, -0.25) is 0 Å². The summed E-state index contributed by atoms with van der Waals surface area (Å²) in [6, 6.07) is 2.50. The molecule has 3 nitrogen and oxygen atoms in total. The molecule has 0 aliphatic heterocycles. The van der Waals surface area contributed by atoms with Crippen LogP contribution in [0.5, 0.6) is 11.5 Å². The minimum atomic E-state index is -4.51. The van der Waals surface area contributed by atoms with Crippen molar-refractivity contribution in [2.75, 3.05) is 14.2 Å². The monoisotopic (exact) mass is 289 g/mol. The summed E-state index contributed by atoms with van der Waals surface area (Å²) in [5, 5.41) is 0. The number of methoxy groups -OCH3 is 2. The van der Waals surface area contributed by atoms with E-state index in [4.69, 9.17) is 15.2 Å². The van der Waals surface area contributed by atoms with Crippen LogP contribution in [0.15, 0.2) is 12.1 Å². The molecule has 0 amide bonds. The smallest absolute Gasteiger partial charge is 0.420 e. The molecule has 1 aliphatic rings. The van der Waals surface area contributed by atoms with E-state index < -0.39 is 17.3 Å². The SMILES string of the molecule is COc1cc(C(F)(F)F)c(OC)c(C2(N)CCCC2)c1. The second kappa shape index (κ2) is 5.16. The van der Waals surface area contributed by atoms with Gasteiger partial charge in [0.15, 0.2) is 0 Å². The Morgan fingerprint density at radius 1 is 1.10 bits per heavy atom. The number of rotatable bonds is 3. The van der Waals surface area contributed by atoms with E-state index in [2.05, 4.69) is 0 Å². The average Bonchev–Trinajstić information content (AvgIpc) is 2.84. The maximum absolute atomic E-state index is 13.2. The molecule has 1 aromatic rings. The molecule has 1 aliphatic carbocycles. The highest BCUT2D eigenvalue weighted by molar-refractivity contribution is 5.52. The molecule has 1 aromatic carbocycles. The van der Waals surface area contributed by atoms with Crippen LogP contribution < -0.4 is 15.2 Å². The predicted molar refractivity (Wildman–Crippen MR) is 68.9 cm³/mol. The Labute approximate surface area is 115 Å².